The molecule has 0 aliphatic heterocycles. The summed E-state index contributed by atoms with van der Waals surface area (Å²) in [5.41, 5.74) is 2.68. The zero-order valence-corrected chi connectivity index (χ0v) is 11.9. The van der Waals surface area contributed by atoms with Crippen LogP contribution in [0.2, 0.25) is 0 Å². The normalized spacial score (nSPS) is 10.5. The molecule has 0 spiro atoms. The first kappa shape index (κ1) is 15.5. The Labute approximate surface area is 115 Å². The molecule has 0 unspecified atom stereocenters. The maximum absolute atomic E-state index is 8.89. The average Bonchev–Trinajstić information content (AvgIpc) is 2.39. The number of ether oxygens (including phenoxy) is 2. The van der Waals surface area contributed by atoms with Crippen molar-refractivity contribution in [2.24, 2.45) is 0 Å². The van der Waals surface area contributed by atoms with Crippen LogP contribution in [0.1, 0.15) is 31.4 Å². The van der Waals surface area contributed by atoms with Crippen molar-refractivity contribution >= 4 is 5.69 Å². The number of hydrogen-bond donors (Lipinski definition) is 1. The maximum atomic E-state index is 8.89. The van der Waals surface area contributed by atoms with Gasteiger partial charge in [-0.15, -0.1) is 0 Å². The molecule has 1 N–H and O–H groups in total. The van der Waals surface area contributed by atoms with Crippen molar-refractivity contribution in [3.05, 3.63) is 29.3 Å². The molecule has 0 atom stereocenters. The van der Waals surface area contributed by atoms with Gasteiger partial charge in [0, 0.05) is 31.5 Å². The quantitative estimate of drug-likeness (QED) is 0.732. The summed E-state index contributed by atoms with van der Waals surface area (Å²) in [6, 6.07) is 7.73. The van der Waals surface area contributed by atoms with Crippen LogP contribution in [0.4, 0.5) is 5.69 Å². The lowest BCUT2D eigenvalue weighted by Gasteiger charge is -2.12. The van der Waals surface area contributed by atoms with E-state index in [1.54, 1.807) is 7.11 Å². The highest BCUT2D eigenvalue weighted by molar-refractivity contribution is 5.54. The summed E-state index contributed by atoms with van der Waals surface area (Å²) < 4.78 is 10.6. The van der Waals surface area contributed by atoms with Crippen LogP contribution >= 0.6 is 0 Å². The van der Waals surface area contributed by atoms with E-state index in [-0.39, 0.29) is 6.10 Å². The van der Waals surface area contributed by atoms with Gasteiger partial charge in [0.1, 0.15) is 0 Å². The van der Waals surface area contributed by atoms with Gasteiger partial charge in [0.15, 0.2) is 0 Å². The van der Waals surface area contributed by atoms with Crippen molar-refractivity contribution in [1.82, 2.24) is 0 Å². The molecule has 0 aromatic heterocycles. The van der Waals surface area contributed by atoms with Crippen LogP contribution in [-0.2, 0) is 16.1 Å². The number of nitrogens with zero attached hydrogens (tertiary/aromatic N) is 1. The maximum Gasteiger partial charge on any atom is 0.0991 e. The molecule has 0 aliphatic rings. The summed E-state index contributed by atoms with van der Waals surface area (Å²) in [7, 11) is 1.65. The molecule has 1 aromatic rings. The highest BCUT2D eigenvalue weighted by Crippen LogP contribution is 2.18. The fraction of sp³-hybridized carbons (Fsp3) is 0.533. The fourth-order valence-corrected chi connectivity index (χ4v) is 1.72. The molecular formula is C15H22N2O2. The number of rotatable bonds is 8. The third-order valence-corrected chi connectivity index (χ3v) is 2.62. The van der Waals surface area contributed by atoms with Crippen LogP contribution in [0.25, 0.3) is 0 Å². The third kappa shape index (κ3) is 5.73. The SMILES string of the molecule is COCc1cc(C#N)ccc1NCCCOC(C)C. The number of nitriles is 1. The highest BCUT2D eigenvalue weighted by Gasteiger charge is 2.03. The Hall–Kier alpha value is -1.57. The Balaban J connectivity index is 2.50. The third-order valence-electron chi connectivity index (χ3n) is 2.62. The number of methoxy groups -OCH3 is 1. The van der Waals surface area contributed by atoms with Crippen LogP contribution in [0.3, 0.4) is 0 Å². The number of anilines is 1. The van der Waals surface area contributed by atoms with Gasteiger partial charge in [-0.2, -0.15) is 5.26 Å². The molecule has 4 heteroatoms. The van der Waals surface area contributed by atoms with Crippen molar-refractivity contribution in [2.45, 2.75) is 33.0 Å². The van der Waals surface area contributed by atoms with E-state index in [1.807, 2.05) is 32.0 Å². The summed E-state index contributed by atoms with van der Waals surface area (Å²) in [5, 5.41) is 12.2. The Morgan fingerprint density at radius 3 is 2.79 bits per heavy atom. The first-order valence-corrected chi connectivity index (χ1v) is 6.54. The molecule has 1 aromatic carbocycles. The van der Waals surface area contributed by atoms with Gasteiger partial charge < -0.3 is 14.8 Å². The topological polar surface area (TPSA) is 54.3 Å². The van der Waals surface area contributed by atoms with Crippen molar-refractivity contribution in [1.29, 1.82) is 5.26 Å². The van der Waals surface area contributed by atoms with E-state index in [0.717, 1.165) is 30.8 Å². The second-order valence-corrected chi connectivity index (χ2v) is 4.62. The van der Waals surface area contributed by atoms with E-state index in [2.05, 4.69) is 11.4 Å². The zero-order valence-electron chi connectivity index (χ0n) is 11.9. The van der Waals surface area contributed by atoms with E-state index < -0.39 is 0 Å². The van der Waals surface area contributed by atoms with E-state index in [9.17, 15) is 0 Å². The predicted molar refractivity (Wildman–Crippen MR) is 76.1 cm³/mol. The summed E-state index contributed by atoms with van der Waals surface area (Å²) in [6.07, 6.45) is 1.23. The van der Waals surface area contributed by atoms with E-state index in [0.29, 0.717) is 12.2 Å². The summed E-state index contributed by atoms with van der Waals surface area (Å²) >= 11 is 0. The molecular weight excluding hydrogens is 240 g/mol. The predicted octanol–water partition coefficient (Wildman–Crippen LogP) is 2.93. The van der Waals surface area contributed by atoms with Crippen molar-refractivity contribution in [3.63, 3.8) is 0 Å². The highest BCUT2D eigenvalue weighted by atomic mass is 16.5. The molecule has 19 heavy (non-hydrogen) atoms. The lowest BCUT2D eigenvalue weighted by molar-refractivity contribution is 0.0787. The largest absolute Gasteiger partial charge is 0.385 e. The summed E-state index contributed by atoms with van der Waals surface area (Å²) in [4.78, 5) is 0. The molecule has 0 heterocycles. The van der Waals surface area contributed by atoms with Gasteiger partial charge in [-0.05, 0) is 38.5 Å². The van der Waals surface area contributed by atoms with Crippen molar-refractivity contribution < 1.29 is 9.47 Å². The monoisotopic (exact) mass is 262 g/mol. The minimum Gasteiger partial charge on any atom is -0.385 e. The van der Waals surface area contributed by atoms with Gasteiger partial charge in [-0.1, -0.05) is 0 Å². The van der Waals surface area contributed by atoms with Gasteiger partial charge >= 0.3 is 0 Å². The first-order chi connectivity index (χ1) is 9.17. The number of benzene rings is 1. The number of hydrogen-bond acceptors (Lipinski definition) is 4. The average molecular weight is 262 g/mol. The second-order valence-electron chi connectivity index (χ2n) is 4.62. The minimum atomic E-state index is 0.277. The van der Waals surface area contributed by atoms with Crippen LogP contribution in [-0.4, -0.2) is 26.4 Å². The Morgan fingerprint density at radius 1 is 1.37 bits per heavy atom. The molecule has 0 radical (unpaired) electrons. The van der Waals surface area contributed by atoms with Crippen LogP contribution in [0.15, 0.2) is 18.2 Å². The lowest BCUT2D eigenvalue weighted by Crippen LogP contribution is -2.10. The van der Waals surface area contributed by atoms with Gasteiger partial charge in [0.25, 0.3) is 0 Å². The van der Waals surface area contributed by atoms with E-state index >= 15 is 0 Å². The molecule has 104 valence electrons. The Kier molecular flexibility index (Phi) is 6.94. The molecule has 4 nitrogen and oxygen atoms in total. The van der Waals surface area contributed by atoms with E-state index in [4.69, 9.17) is 14.7 Å². The molecule has 0 fully saturated rings. The first-order valence-electron chi connectivity index (χ1n) is 6.54. The zero-order chi connectivity index (χ0) is 14.1. The summed E-state index contributed by atoms with van der Waals surface area (Å²) in [6.45, 7) is 6.16. The summed E-state index contributed by atoms with van der Waals surface area (Å²) in [5.74, 6) is 0. The molecule has 0 bridgehead atoms. The van der Waals surface area contributed by atoms with Crippen LogP contribution < -0.4 is 5.32 Å². The second kappa shape index (κ2) is 8.52. The molecule has 0 amide bonds. The molecule has 0 saturated heterocycles. The fourth-order valence-electron chi connectivity index (χ4n) is 1.72. The number of nitrogens with one attached hydrogen (secondary N) is 1. The molecule has 0 aliphatic carbocycles. The molecule has 0 saturated carbocycles. The Morgan fingerprint density at radius 2 is 2.16 bits per heavy atom. The van der Waals surface area contributed by atoms with Crippen LogP contribution in [0.5, 0.6) is 0 Å². The van der Waals surface area contributed by atoms with Crippen LogP contribution in [0, 0.1) is 11.3 Å². The smallest absolute Gasteiger partial charge is 0.0991 e. The van der Waals surface area contributed by atoms with Gasteiger partial charge in [-0.25, -0.2) is 0 Å². The minimum absolute atomic E-state index is 0.277. The Bertz CT molecular complexity index is 425. The van der Waals surface area contributed by atoms with Gasteiger partial charge in [0.05, 0.1) is 24.3 Å². The van der Waals surface area contributed by atoms with Crippen molar-refractivity contribution in [2.75, 3.05) is 25.6 Å². The van der Waals surface area contributed by atoms with Gasteiger partial charge in [0.2, 0.25) is 0 Å². The standard InChI is InChI=1S/C15H22N2O2/c1-12(2)19-8-4-7-17-15-6-5-13(10-16)9-14(15)11-18-3/h5-6,9,12,17H,4,7-8,11H2,1-3H3. The van der Waals surface area contributed by atoms with E-state index in [1.165, 1.54) is 0 Å². The lowest BCUT2D eigenvalue weighted by atomic mass is 10.1. The molecule has 1 rings (SSSR count). The van der Waals surface area contributed by atoms with Crippen molar-refractivity contribution in [3.8, 4) is 6.07 Å². The van der Waals surface area contributed by atoms with Gasteiger partial charge in [-0.3, -0.25) is 0 Å².